The Kier molecular flexibility index (Phi) is 5.12. The molecule has 0 saturated heterocycles. The van der Waals surface area contributed by atoms with Crippen LogP contribution in [0.1, 0.15) is 16.1 Å². The van der Waals surface area contributed by atoms with Crippen molar-refractivity contribution in [2.24, 2.45) is 0 Å². The molecule has 0 unspecified atom stereocenters. The molecule has 1 amide bonds. The minimum Gasteiger partial charge on any atom is -0.476 e. The molecule has 0 spiro atoms. The molecule has 10 heteroatoms. The van der Waals surface area contributed by atoms with Gasteiger partial charge in [-0.15, -0.1) is 0 Å². The number of carboxylic acids is 1. The predicted molar refractivity (Wildman–Crippen MR) is 93.2 cm³/mol. The Morgan fingerprint density at radius 2 is 1.88 bits per heavy atom. The van der Waals surface area contributed by atoms with Gasteiger partial charge >= 0.3 is 5.97 Å². The molecule has 0 atom stereocenters. The van der Waals surface area contributed by atoms with Gasteiger partial charge in [-0.1, -0.05) is 12.1 Å². The maximum absolute atomic E-state index is 12.9. The van der Waals surface area contributed by atoms with Gasteiger partial charge in [0, 0.05) is 12.4 Å². The molecule has 0 radical (unpaired) electrons. The third-order valence-electron chi connectivity index (χ3n) is 3.40. The summed E-state index contributed by atoms with van der Waals surface area (Å²) in [5.74, 6) is -1.56. The van der Waals surface area contributed by atoms with Crippen molar-refractivity contribution in [1.29, 1.82) is 0 Å². The summed E-state index contributed by atoms with van der Waals surface area (Å²) in [5.41, 5.74) is 0.722. The van der Waals surface area contributed by atoms with Gasteiger partial charge in [0.25, 0.3) is 0 Å². The SMILES string of the molecule is O=C(Cn1ccc(C(=O)O)n1)Nc1nn(Cc2ccc(F)cc2)cc1Br. The van der Waals surface area contributed by atoms with Crippen LogP contribution in [0, 0.1) is 5.82 Å². The summed E-state index contributed by atoms with van der Waals surface area (Å²) in [6, 6.07) is 7.35. The van der Waals surface area contributed by atoms with Crippen LogP contribution >= 0.6 is 15.9 Å². The van der Waals surface area contributed by atoms with Crippen LogP contribution in [0.3, 0.4) is 0 Å². The standard InChI is InChI=1S/C16H13BrFN5O3/c17-12-8-23(7-10-1-3-11(18)4-2-10)21-15(12)19-14(24)9-22-6-5-13(20-22)16(25)26/h1-6,8H,7,9H2,(H,25,26)(H,19,21,24). The highest BCUT2D eigenvalue weighted by Crippen LogP contribution is 2.21. The van der Waals surface area contributed by atoms with Gasteiger partial charge in [-0.05, 0) is 39.7 Å². The number of aromatic carboxylic acids is 1. The molecule has 0 saturated carbocycles. The van der Waals surface area contributed by atoms with Gasteiger partial charge in [-0.3, -0.25) is 14.2 Å². The van der Waals surface area contributed by atoms with Gasteiger partial charge in [-0.25, -0.2) is 9.18 Å². The number of carboxylic acid groups (broad SMARTS) is 1. The van der Waals surface area contributed by atoms with Gasteiger partial charge in [0.15, 0.2) is 11.5 Å². The van der Waals surface area contributed by atoms with E-state index in [0.29, 0.717) is 16.8 Å². The third-order valence-corrected chi connectivity index (χ3v) is 3.98. The average Bonchev–Trinajstić information content (AvgIpc) is 3.17. The van der Waals surface area contributed by atoms with Crippen LogP contribution in [0.4, 0.5) is 10.2 Å². The molecule has 3 rings (SSSR count). The molecule has 2 N–H and O–H groups in total. The number of carbonyl (C=O) groups excluding carboxylic acids is 1. The fourth-order valence-electron chi connectivity index (χ4n) is 2.22. The number of nitrogens with zero attached hydrogens (tertiary/aromatic N) is 4. The number of carbonyl (C=O) groups is 2. The van der Waals surface area contributed by atoms with Crippen LogP contribution in [0.25, 0.3) is 0 Å². The van der Waals surface area contributed by atoms with Crippen molar-refractivity contribution in [3.63, 3.8) is 0 Å². The molecule has 0 aliphatic heterocycles. The zero-order valence-electron chi connectivity index (χ0n) is 13.3. The Morgan fingerprint density at radius 1 is 1.15 bits per heavy atom. The first kappa shape index (κ1) is 17.8. The first-order valence-corrected chi connectivity index (χ1v) is 8.24. The van der Waals surface area contributed by atoms with Crippen LogP contribution in [-0.4, -0.2) is 36.5 Å². The minimum atomic E-state index is -1.16. The van der Waals surface area contributed by atoms with Gasteiger partial charge < -0.3 is 10.4 Å². The molecule has 0 bridgehead atoms. The largest absolute Gasteiger partial charge is 0.476 e. The number of anilines is 1. The lowest BCUT2D eigenvalue weighted by Gasteiger charge is -2.04. The van der Waals surface area contributed by atoms with Crippen molar-refractivity contribution >= 4 is 33.6 Å². The lowest BCUT2D eigenvalue weighted by Crippen LogP contribution is -2.20. The predicted octanol–water partition coefficient (Wildman–Crippen LogP) is 2.37. The highest BCUT2D eigenvalue weighted by molar-refractivity contribution is 9.10. The molecular formula is C16H13BrFN5O3. The van der Waals surface area contributed by atoms with E-state index in [-0.39, 0.29) is 18.1 Å². The van der Waals surface area contributed by atoms with E-state index in [4.69, 9.17) is 5.11 Å². The highest BCUT2D eigenvalue weighted by atomic mass is 79.9. The highest BCUT2D eigenvalue weighted by Gasteiger charge is 2.13. The number of amides is 1. The minimum absolute atomic E-state index is 0.137. The van der Waals surface area contributed by atoms with Crippen molar-refractivity contribution in [2.75, 3.05) is 5.32 Å². The summed E-state index contributed by atoms with van der Waals surface area (Å²) in [7, 11) is 0. The summed E-state index contributed by atoms with van der Waals surface area (Å²) in [6.07, 6.45) is 3.10. The van der Waals surface area contributed by atoms with Gasteiger partial charge in [0.1, 0.15) is 12.4 Å². The number of nitrogens with one attached hydrogen (secondary N) is 1. The maximum atomic E-state index is 12.9. The van der Waals surface area contributed by atoms with E-state index in [1.807, 2.05) is 0 Å². The first-order chi connectivity index (χ1) is 12.4. The second-order valence-electron chi connectivity index (χ2n) is 5.40. The summed E-state index contributed by atoms with van der Waals surface area (Å²) in [6.45, 7) is 0.264. The molecule has 3 aromatic rings. The van der Waals surface area contributed by atoms with Crippen molar-refractivity contribution in [2.45, 2.75) is 13.1 Å². The Balaban J connectivity index is 1.63. The Labute approximate surface area is 155 Å². The number of halogens is 2. The Bertz CT molecular complexity index is 951. The lowest BCUT2D eigenvalue weighted by molar-refractivity contribution is -0.116. The fraction of sp³-hybridized carbons (Fsp3) is 0.125. The normalized spacial score (nSPS) is 10.7. The van der Waals surface area contributed by atoms with Gasteiger partial charge in [0.05, 0.1) is 11.0 Å². The maximum Gasteiger partial charge on any atom is 0.356 e. The molecule has 2 heterocycles. The summed E-state index contributed by atoms with van der Waals surface area (Å²) in [4.78, 5) is 22.9. The van der Waals surface area contributed by atoms with E-state index >= 15 is 0 Å². The van der Waals surface area contributed by atoms with Gasteiger partial charge in [-0.2, -0.15) is 10.2 Å². The lowest BCUT2D eigenvalue weighted by atomic mass is 10.2. The van der Waals surface area contributed by atoms with E-state index in [2.05, 4.69) is 31.4 Å². The van der Waals surface area contributed by atoms with E-state index < -0.39 is 11.9 Å². The van der Waals surface area contributed by atoms with Crippen LogP contribution in [0.15, 0.2) is 47.2 Å². The van der Waals surface area contributed by atoms with Crippen molar-refractivity contribution < 1.29 is 19.1 Å². The van der Waals surface area contributed by atoms with Crippen molar-refractivity contribution in [1.82, 2.24) is 19.6 Å². The monoisotopic (exact) mass is 421 g/mol. The zero-order chi connectivity index (χ0) is 18.7. The summed E-state index contributed by atoms with van der Waals surface area (Å²) >= 11 is 3.32. The molecule has 0 aliphatic rings. The third kappa shape index (κ3) is 4.33. The second-order valence-corrected chi connectivity index (χ2v) is 6.26. The van der Waals surface area contributed by atoms with Crippen LogP contribution in [0.5, 0.6) is 0 Å². The average molecular weight is 422 g/mol. The fourth-order valence-corrected chi connectivity index (χ4v) is 2.64. The zero-order valence-corrected chi connectivity index (χ0v) is 14.9. The quantitative estimate of drug-likeness (QED) is 0.635. The number of hydrogen-bond donors (Lipinski definition) is 2. The van der Waals surface area contributed by atoms with Gasteiger partial charge in [0.2, 0.25) is 5.91 Å². The van der Waals surface area contributed by atoms with E-state index in [0.717, 1.165) is 5.56 Å². The smallest absolute Gasteiger partial charge is 0.356 e. The van der Waals surface area contributed by atoms with Crippen LogP contribution < -0.4 is 5.32 Å². The van der Waals surface area contributed by atoms with E-state index in [1.165, 1.54) is 29.1 Å². The van der Waals surface area contributed by atoms with Crippen molar-refractivity contribution in [3.05, 3.63) is 64.3 Å². The Morgan fingerprint density at radius 3 is 2.54 bits per heavy atom. The second kappa shape index (κ2) is 7.48. The first-order valence-electron chi connectivity index (χ1n) is 7.45. The van der Waals surface area contributed by atoms with Crippen molar-refractivity contribution in [3.8, 4) is 0 Å². The molecule has 0 aliphatic carbocycles. The number of benzene rings is 1. The Hall–Kier alpha value is -3.01. The number of rotatable bonds is 6. The van der Waals surface area contributed by atoms with E-state index in [9.17, 15) is 14.0 Å². The molecule has 26 heavy (non-hydrogen) atoms. The topological polar surface area (TPSA) is 102 Å². The summed E-state index contributed by atoms with van der Waals surface area (Å²) < 4.78 is 16.4. The molecule has 0 fully saturated rings. The van der Waals surface area contributed by atoms with Crippen LogP contribution in [-0.2, 0) is 17.9 Å². The molecule has 134 valence electrons. The summed E-state index contributed by atoms with van der Waals surface area (Å²) in [5, 5.41) is 19.5. The van der Waals surface area contributed by atoms with E-state index in [1.54, 1.807) is 23.0 Å². The number of hydrogen-bond acceptors (Lipinski definition) is 4. The number of aromatic nitrogens is 4. The molecule has 1 aromatic carbocycles. The molecule has 8 nitrogen and oxygen atoms in total. The van der Waals surface area contributed by atoms with Crippen LogP contribution in [0.2, 0.25) is 0 Å². The molecular weight excluding hydrogens is 409 g/mol. The molecule has 2 aromatic heterocycles.